The first kappa shape index (κ1) is 12.2. The molecule has 0 bridgehead atoms. The summed E-state index contributed by atoms with van der Waals surface area (Å²) in [5.74, 6) is 0.653. The Bertz CT molecular complexity index is 392. The molecule has 0 saturated heterocycles. The molecular weight excluding hydrogens is 219 g/mol. The van der Waals surface area contributed by atoms with Crippen LogP contribution in [0.1, 0.15) is 25.5 Å². The van der Waals surface area contributed by atoms with Gasteiger partial charge in [-0.25, -0.2) is 14.4 Å². The zero-order valence-electron chi connectivity index (χ0n) is 10.4. The number of nitrogens with two attached hydrogens (primary N) is 1. The summed E-state index contributed by atoms with van der Waals surface area (Å²) in [4.78, 5) is 9.86. The Hall–Kier alpha value is -1.23. The summed E-state index contributed by atoms with van der Waals surface area (Å²) in [5, 5.41) is 0. The van der Waals surface area contributed by atoms with Gasteiger partial charge in [0.1, 0.15) is 6.33 Å². The van der Waals surface area contributed by atoms with E-state index in [9.17, 15) is 4.39 Å². The molecule has 94 valence electrons. The van der Waals surface area contributed by atoms with Crippen LogP contribution in [0.15, 0.2) is 6.33 Å². The molecule has 0 aliphatic heterocycles. The van der Waals surface area contributed by atoms with Gasteiger partial charge in [0.25, 0.3) is 0 Å². The minimum absolute atomic E-state index is 0.184. The largest absolute Gasteiger partial charge is 0.353 e. The molecule has 1 fully saturated rings. The average Bonchev–Trinajstić information content (AvgIpc) is 3.14. The maximum absolute atomic E-state index is 14.1. The topological polar surface area (TPSA) is 55.0 Å². The fourth-order valence-electron chi connectivity index (χ4n) is 2.19. The molecule has 0 aromatic carbocycles. The van der Waals surface area contributed by atoms with E-state index in [1.807, 2.05) is 18.9 Å². The zero-order valence-corrected chi connectivity index (χ0v) is 10.4. The van der Waals surface area contributed by atoms with Crippen molar-refractivity contribution in [2.75, 3.05) is 18.5 Å². The van der Waals surface area contributed by atoms with Gasteiger partial charge in [0.2, 0.25) is 0 Å². The number of likely N-dealkylation sites (N-methyl/N-ethyl adjacent to an activating group) is 1. The van der Waals surface area contributed by atoms with Crippen LogP contribution >= 0.6 is 0 Å². The predicted octanol–water partition coefficient (Wildman–Crippen LogP) is 1.35. The first-order chi connectivity index (χ1) is 8.19. The second-order valence-electron chi connectivity index (χ2n) is 4.56. The molecule has 4 nitrogen and oxygen atoms in total. The standard InChI is InChI=1S/C12H19FN4/c1-3-9-11(13)12(16-7-15-9)17(2)10(6-14)8-4-5-8/h7-8,10H,3-6,14H2,1-2H3. The number of anilines is 1. The van der Waals surface area contributed by atoms with E-state index in [1.54, 1.807) is 0 Å². The Morgan fingerprint density at radius 3 is 2.76 bits per heavy atom. The molecule has 1 aliphatic carbocycles. The SMILES string of the molecule is CCc1ncnc(N(C)C(CN)C2CC2)c1F. The van der Waals surface area contributed by atoms with Crippen LogP contribution in [0.3, 0.4) is 0 Å². The number of aromatic nitrogens is 2. The number of halogens is 1. The molecule has 1 aliphatic rings. The number of rotatable bonds is 5. The van der Waals surface area contributed by atoms with E-state index < -0.39 is 0 Å². The van der Waals surface area contributed by atoms with Crippen LogP contribution in [0, 0.1) is 11.7 Å². The lowest BCUT2D eigenvalue weighted by molar-refractivity contribution is 0.535. The van der Waals surface area contributed by atoms with Crippen LogP contribution in [0.25, 0.3) is 0 Å². The summed E-state index contributed by atoms with van der Waals surface area (Å²) >= 11 is 0. The highest BCUT2D eigenvalue weighted by Crippen LogP contribution is 2.36. The summed E-state index contributed by atoms with van der Waals surface area (Å²) in [6, 6.07) is 0.184. The lowest BCUT2D eigenvalue weighted by Crippen LogP contribution is -2.40. The molecule has 1 aromatic rings. The minimum atomic E-state index is -0.309. The molecule has 17 heavy (non-hydrogen) atoms. The lowest BCUT2D eigenvalue weighted by atomic mass is 10.1. The minimum Gasteiger partial charge on any atom is -0.353 e. The molecular formula is C12H19FN4. The fourth-order valence-corrected chi connectivity index (χ4v) is 2.19. The van der Waals surface area contributed by atoms with Crippen molar-refractivity contribution in [2.24, 2.45) is 11.7 Å². The highest BCUT2D eigenvalue weighted by Gasteiger charge is 2.34. The summed E-state index contributed by atoms with van der Waals surface area (Å²) < 4.78 is 14.1. The molecule has 5 heteroatoms. The summed E-state index contributed by atoms with van der Waals surface area (Å²) in [5.41, 5.74) is 6.23. The van der Waals surface area contributed by atoms with Gasteiger partial charge in [-0.15, -0.1) is 0 Å². The molecule has 2 N–H and O–H groups in total. The van der Waals surface area contributed by atoms with Gasteiger partial charge in [0, 0.05) is 19.6 Å². The average molecular weight is 238 g/mol. The van der Waals surface area contributed by atoms with Crippen LogP contribution in [0.4, 0.5) is 10.2 Å². The van der Waals surface area contributed by atoms with Crippen molar-refractivity contribution in [3.8, 4) is 0 Å². The van der Waals surface area contributed by atoms with Crippen molar-refractivity contribution in [2.45, 2.75) is 32.2 Å². The van der Waals surface area contributed by atoms with E-state index in [-0.39, 0.29) is 11.9 Å². The van der Waals surface area contributed by atoms with Crippen LogP contribution in [0.5, 0.6) is 0 Å². The highest BCUT2D eigenvalue weighted by molar-refractivity contribution is 5.42. The van der Waals surface area contributed by atoms with Crippen molar-refractivity contribution in [3.63, 3.8) is 0 Å². The Balaban J connectivity index is 2.25. The van der Waals surface area contributed by atoms with Gasteiger partial charge in [-0.1, -0.05) is 6.92 Å². The Morgan fingerprint density at radius 1 is 1.53 bits per heavy atom. The summed E-state index contributed by atoms with van der Waals surface area (Å²) in [6.07, 6.45) is 4.36. The highest BCUT2D eigenvalue weighted by atomic mass is 19.1. The van der Waals surface area contributed by atoms with Crippen LogP contribution < -0.4 is 10.6 Å². The quantitative estimate of drug-likeness (QED) is 0.841. The van der Waals surface area contributed by atoms with Gasteiger partial charge in [0.15, 0.2) is 11.6 Å². The maximum Gasteiger partial charge on any atom is 0.187 e. The van der Waals surface area contributed by atoms with Gasteiger partial charge in [-0.2, -0.15) is 0 Å². The summed E-state index contributed by atoms with van der Waals surface area (Å²) in [7, 11) is 1.86. The van der Waals surface area contributed by atoms with Crippen molar-refractivity contribution in [1.82, 2.24) is 9.97 Å². The number of nitrogens with zero attached hydrogens (tertiary/aromatic N) is 3. The third kappa shape index (κ3) is 2.39. The van der Waals surface area contributed by atoms with Crippen LogP contribution in [-0.2, 0) is 6.42 Å². The van der Waals surface area contributed by atoms with E-state index in [1.165, 1.54) is 19.2 Å². The molecule has 1 saturated carbocycles. The second-order valence-corrected chi connectivity index (χ2v) is 4.56. The lowest BCUT2D eigenvalue weighted by Gasteiger charge is -2.28. The van der Waals surface area contributed by atoms with E-state index >= 15 is 0 Å². The van der Waals surface area contributed by atoms with Crippen molar-refractivity contribution in [1.29, 1.82) is 0 Å². The molecule has 1 heterocycles. The van der Waals surface area contributed by atoms with E-state index in [0.717, 1.165) is 0 Å². The Labute approximate surface area is 101 Å². The monoisotopic (exact) mass is 238 g/mol. The van der Waals surface area contributed by atoms with Crippen molar-refractivity contribution >= 4 is 5.82 Å². The Morgan fingerprint density at radius 2 is 2.24 bits per heavy atom. The predicted molar refractivity (Wildman–Crippen MR) is 65.3 cm³/mol. The zero-order chi connectivity index (χ0) is 12.4. The maximum atomic E-state index is 14.1. The first-order valence-electron chi connectivity index (χ1n) is 6.11. The normalized spacial score (nSPS) is 16.9. The van der Waals surface area contributed by atoms with E-state index in [2.05, 4.69) is 9.97 Å². The molecule has 0 amide bonds. The first-order valence-corrected chi connectivity index (χ1v) is 6.11. The van der Waals surface area contributed by atoms with Gasteiger partial charge >= 0.3 is 0 Å². The third-order valence-electron chi connectivity index (χ3n) is 3.42. The molecule has 1 atom stereocenters. The molecule has 1 unspecified atom stereocenters. The van der Waals surface area contributed by atoms with Crippen LogP contribution in [-0.4, -0.2) is 29.6 Å². The smallest absolute Gasteiger partial charge is 0.187 e. The Kier molecular flexibility index (Phi) is 3.57. The summed E-state index contributed by atoms with van der Waals surface area (Å²) in [6.45, 7) is 2.42. The van der Waals surface area contributed by atoms with E-state index in [4.69, 9.17) is 5.73 Å². The van der Waals surface area contributed by atoms with Gasteiger partial charge in [-0.05, 0) is 25.2 Å². The van der Waals surface area contributed by atoms with Crippen LogP contribution in [0.2, 0.25) is 0 Å². The molecule has 0 spiro atoms. The van der Waals surface area contributed by atoms with E-state index in [0.29, 0.717) is 30.4 Å². The third-order valence-corrected chi connectivity index (χ3v) is 3.42. The van der Waals surface area contributed by atoms with Crippen molar-refractivity contribution < 1.29 is 4.39 Å². The van der Waals surface area contributed by atoms with Gasteiger partial charge < -0.3 is 10.6 Å². The second kappa shape index (κ2) is 4.96. The van der Waals surface area contributed by atoms with Gasteiger partial charge in [0.05, 0.1) is 5.69 Å². The molecule has 0 radical (unpaired) electrons. The number of aryl methyl sites for hydroxylation is 1. The van der Waals surface area contributed by atoms with Gasteiger partial charge in [-0.3, -0.25) is 0 Å². The molecule has 1 aromatic heterocycles. The number of hydrogen-bond acceptors (Lipinski definition) is 4. The molecule has 2 rings (SSSR count). The van der Waals surface area contributed by atoms with Crippen molar-refractivity contribution in [3.05, 3.63) is 17.8 Å². The number of hydrogen-bond donors (Lipinski definition) is 1. The fraction of sp³-hybridized carbons (Fsp3) is 0.667.